The molecule has 6 heteroatoms. The minimum atomic E-state index is -0.389. The van der Waals surface area contributed by atoms with Gasteiger partial charge in [0.2, 0.25) is 0 Å². The van der Waals surface area contributed by atoms with Gasteiger partial charge in [-0.25, -0.2) is 9.37 Å². The molecule has 2 heterocycles. The SMILES string of the molecule is Fc1cc2c(Br)[nH]nc2nc1Nc1cccc2c1CCC2. The summed E-state index contributed by atoms with van der Waals surface area (Å²) in [5.41, 5.74) is 4.02. The summed E-state index contributed by atoms with van der Waals surface area (Å²) in [7, 11) is 0. The largest absolute Gasteiger partial charge is 0.337 e. The topological polar surface area (TPSA) is 53.6 Å². The van der Waals surface area contributed by atoms with Gasteiger partial charge < -0.3 is 5.32 Å². The molecule has 2 N–H and O–H groups in total. The summed E-state index contributed by atoms with van der Waals surface area (Å²) < 4.78 is 14.9. The fourth-order valence-electron chi connectivity index (χ4n) is 2.84. The standard InChI is InChI=1S/C15H12BrFN4/c16-13-10-7-11(17)15(19-14(10)21-20-13)18-12-6-2-4-8-3-1-5-9(8)12/h2,4,6-7H,1,3,5H2,(H2,18,19,20,21). The molecule has 3 aromatic rings. The number of rotatable bonds is 2. The van der Waals surface area contributed by atoms with E-state index in [9.17, 15) is 4.39 Å². The van der Waals surface area contributed by atoms with Gasteiger partial charge in [0.05, 0.1) is 5.39 Å². The summed E-state index contributed by atoms with van der Waals surface area (Å²) >= 11 is 3.29. The number of halogens is 2. The summed E-state index contributed by atoms with van der Waals surface area (Å²) in [6, 6.07) is 7.52. The van der Waals surface area contributed by atoms with E-state index in [1.165, 1.54) is 17.2 Å². The lowest BCUT2D eigenvalue weighted by Gasteiger charge is -2.11. The van der Waals surface area contributed by atoms with Crippen molar-refractivity contribution in [3.63, 3.8) is 0 Å². The maximum Gasteiger partial charge on any atom is 0.184 e. The molecule has 0 bridgehead atoms. The van der Waals surface area contributed by atoms with E-state index in [0.29, 0.717) is 15.6 Å². The highest BCUT2D eigenvalue weighted by Crippen LogP contribution is 2.32. The van der Waals surface area contributed by atoms with Crippen LogP contribution in [0.3, 0.4) is 0 Å². The Morgan fingerprint density at radius 3 is 3.10 bits per heavy atom. The number of nitrogens with zero attached hydrogens (tertiary/aromatic N) is 2. The van der Waals surface area contributed by atoms with E-state index in [0.717, 1.165) is 24.9 Å². The summed E-state index contributed by atoms with van der Waals surface area (Å²) in [6.45, 7) is 0. The molecule has 0 unspecified atom stereocenters. The number of fused-ring (bicyclic) bond motifs is 2. The van der Waals surface area contributed by atoms with Crippen LogP contribution < -0.4 is 5.32 Å². The third-order valence-corrected chi connectivity index (χ3v) is 4.46. The Morgan fingerprint density at radius 2 is 2.19 bits per heavy atom. The van der Waals surface area contributed by atoms with Gasteiger partial charge in [-0.15, -0.1) is 0 Å². The average Bonchev–Trinajstić information content (AvgIpc) is 3.08. The molecule has 0 amide bonds. The first-order valence-electron chi connectivity index (χ1n) is 6.80. The van der Waals surface area contributed by atoms with Crippen LogP contribution in [0.15, 0.2) is 28.9 Å². The van der Waals surface area contributed by atoms with E-state index in [-0.39, 0.29) is 11.6 Å². The fourth-order valence-corrected chi connectivity index (χ4v) is 3.22. The van der Waals surface area contributed by atoms with Gasteiger partial charge in [0.25, 0.3) is 0 Å². The van der Waals surface area contributed by atoms with Crippen molar-refractivity contribution in [1.29, 1.82) is 0 Å². The molecule has 0 fully saturated rings. The molecule has 0 saturated carbocycles. The molecule has 1 aliphatic carbocycles. The number of nitrogens with one attached hydrogen (secondary N) is 2. The van der Waals surface area contributed by atoms with Crippen molar-refractivity contribution >= 4 is 38.5 Å². The molecular formula is C15H12BrFN4. The van der Waals surface area contributed by atoms with E-state index < -0.39 is 0 Å². The molecule has 1 aromatic carbocycles. The smallest absolute Gasteiger partial charge is 0.184 e. The Kier molecular flexibility index (Phi) is 2.92. The highest BCUT2D eigenvalue weighted by atomic mass is 79.9. The predicted octanol–water partition coefficient (Wildman–Crippen LogP) is 4.09. The second kappa shape index (κ2) is 4.80. The van der Waals surface area contributed by atoms with Crippen LogP contribution in [0.1, 0.15) is 17.5 Å². The molecule has 0 aliphatic heterocycles. The first-order valence-corrected chi connectivity index (χ1v) is 7.59. The summed E-state index contributed by atoms with van der Waals surface area (Å²) in [5, 5.41) is 10.5. The molecule has 21 heavy (non-hydrogen) atoms. The van der Waals surface area contributed by atoms with Gasteiger partial charge in [0.15, 0.2) is 17.3 Å². The van der Waals surface area contributed by atoms with Gasteiger partial charge in [-0.2, -0.15) is 5.10 Å². The molecule has 0 atom stereocenters. The van der Waals surface area contributed by atoms with Crippen LogP contribution in [-0.4, -0.2) is 15.2 Å². The van der Waals surface area contributed by atoms with Crippen molar-refractivity contribution in [1.82, 2.24) is 15.2 Å². The highest BCUT2D eigenvalue weighted by Gasteiger charge is 2.17. The predicted molar refractivity (Wildman–Crippen MR) is 83.3 cm³/mol. The van der Waals surface area contributed by atoms with Crippen molar-refractivity contribution in [3.05, 3.63) is 45.8 Å². The lowest BCUT2D eigenvalue weighted by Crippen LogP contribution is -2.00. The molecule has 1 aliphatic rings. The Morgan fingerprint density at radius 1 is 1.29 bits per heavy atom. The maximum atomic E-state index is 14.2. The zero-order valence-corrected chi connectivity index (χ0v) is 12.7. The maximum absolute atomic E-state index is 14.2. The van der Waals surface area contributed by atoms with Crippen molar-refractivity contribution in [2.24, 2.45) is 0 Å². The third kappa shape index (κ3) is 2.10. The second-order valence-corrected chi connectivity index (χ2v) is 5.94. The number of hydrogen-bond acceptors (Lipinski definition) is 3. The number of H-pyrrole nitrogens is 1. The lowest BCUT2D eigenvalue weighted by atomic mass is 10.1. The molecule has 0 saturated heterocycles. The number of aryl methyl sites for hydroxylation is 1. The monoisotopic (exact) mass is 346 g/mol. The number of benzene rings is 1. The Hall–Kier alpha value is -1.95. The van der Waals surface area contributed by atoms with Crippen LogP contribution in [0.5, 0.6) is 0 Å². The quantitative estimate of drug-likeness (QED) is 0.734. The molecule has 2 aromatic heterocycles. The Bertz CT molecular complexity index is 843. The summed E-state index contributed by atoms with van der Waals surface area (Å²) in [6.07, 6.45) is 3.26. The minimum Gasteiger partial charge on any atom is -0.337 e. The van der Waals surface area contributed by atoms with Gasteiger partial charge in [0, 0.05) is 5.69 Å². The van der Waals surface area contributed by atoms with E-state index in [1.807, 2.05) is 12.1 Å². The second-order valence-electron chi connectivity index (χ2n) is 5.15. The van der Waals surface area contributed by atoms with Crippen molar-refractivity contribution in [2.75, 3.05) is 5.32 Å². The van der Waals surface area contributed by atoms with Crippen LogP contribution in [-0.2, 0) is 12.8 Å². The normalized spacial score (nSPS) is 13.6. The van der Waals surface area contributed by atoms with Crippen LogP contribution in [0.2, 0.25) is 0 Å². The molecular weight excluding hydrogens is 335 g/mol. The van der Waals surface area contributed by atoms with Gasteiger partial charge >= 0.3 is 0 Å². The van der Waals surface area contributed by atoms with Gasteiger partial charge in [0.1, 0.15) is 4.60 Å². The Balaban J connectivity index is 1.78. The number of aromatic amines is 1. The fraction of sp³-hybridized carbons (Fsp3) is 0.200. The Labute approximate surface area is 128 Å². The van der Waals surface area contributed by atoms with Crippen LogP contribution >= 0.6 is 15.9 Å². The van der Waals surface area contributed by atoms with Crippen LogP contribution in [0.25, 0.3) is 11.0 Å². The number of hydrogen-bond donors (Lipinski definition) is 2. The molecule has 0 spiro atoms. The minimum absolute atomic E-state index is 0.210. The zero-order valence-electron chi connectivity index (χ0n) is 11.1. The van der Waals surface area contributed by atoms with E-state index >= 15 is 0 Å². The van der Waals surface area contributed by atoms with Crippen LogP contribution in [0, 0.1) is 5.82 Å². The number of pyridine rings is 1. The van der Waals surface area contributed by atoms with Crippen molar-refractivity contribution < 1.29 is 4.39 Å². The first kappa shape index (κ1) is 12.8. The summed E-state index contributed by atoms with van der Waals surface area (Å²) in [4.78, 5) is 4.26. The third-order valence-electron chi connectivity index (χ3n) is 3.85. The molecule has 4 rings (SSSR count). The van der Waals surface area contributed by atoms with Crippen molar-refractivity contribution in [3.8, 4) is 0 Å². The van der Waals surface area contributed by atoms with Gasteiger partial charge in [-0.05, 0) is 58.5 Å². The first-order chi connectivity index (χ1) is 10.2. The number of anilines is 2. The van der Waals surface area contributed by atoms with E-state index in [2.05, 4.69) is 42.5 Å². The molecule has 0 radical (unpaired) electrons. The van der Waals surface area contributed by atoms with Gasteiger partial charge in [-0.3, -0.25) is 5.10 Å². The lowest BCUT2D eigenvalue weighted by molar-refractivity contribution is 0.629. The molecule has 106 valence electrons. The van der Waals surface area contributed by atoms with Crippen LogP contribution in [0.4, 0.5) is 15.9 Å². The van der Waals surface area contributed by atoms with Gasteiger partial charge in [-0.1, -0.05) is 12.1 Å². The summed E-state index contributed by atoms with van der Waals surface area (Å²) in [5.74, 6) is -0.179. The van der Waals surface area contributed by atoms with E-state index in [1.54, 1.807) is 0 Å². The molecule has 4 nitrogen and oxygen atoms in total. The average molecular weight is 347 g/mol. The van der Waals surface area contributed by atoms with E-state index in [4.69, 9.17) is 0 Å². The zero-order chi connectivity index (χ0) is 14.4. The number of aromatic nitrogens is 3. The van der Waals surface area contributed by atoms with Crippen molar-refractivity contribution in [2.45, 2.75) is 19.3 Å². The highest BCUT2D eigenvalue weighted by molar-refractivity contribution is 9.10.